The molecule has 136 valence electrons. The van der Waals surface area contributed by atoms with Crippen molar-refractivity contribution in [2.75, 3.05) is 35.5 Å². The lowest BCUT2D eigenvalue weighted by Crippen LogP contribution is -1.95. The first-order valence-electron chi connectivity index (χ1n) is 7.76. The van der Waals surface area contributed by atoms with Gasteiger partial charge in [0.1, 0.15) is 5.75 Å². The smallest absolute Gasteiger partial charge is 0.164 e. The number of methoxy groups -OCH3 is 5. The number of nitrogens with zero attached hydrogens (tertiary/aromatic N) is 1. The average molecular weight is 355 g/mol. The molecule has 0 fully saturated rings. The van der Waals surface area contributed by atoms with Gasteiger partial charge in [0, 0.05) is 11.6 Å². The molecule has 0 aliphatic heterocycles. The topological polar surface area (TPSA) is 69.9 Å². The minimum Gasteiger partial charge on any atom is -0.496 e. The van der Waals surface area contributed by atoms with Crippen LogP contribution < -0.4 is 23.7 Å². The Morgan fingerprint density at radius 2 is 1.27 bits per heavy atom. The number of allylic oxidation sites excluding steroid dienone is 1. The summed E-state index contributed by atoms with van der Waals surface area (Å²) in [4.78, 5) is 0. The summed E-state index contributed by atoms with van der Waals surface area (Å²) in [5.74, 6) is 2.80. The van der Waals surface area contributed by atoms with Crippen LogP contribution in [0.25, 0.3) is 11.6 Å². The van der Waals surface area contributed by atoms with Crippen LogP contribution in [0.5, 0.6) is 28.7 Å². The number of nitriles is 1. The van der Waals surface area contributed by atoms with Crippen molar-refractivity contribution in [2.24, 2.45) is 0 Å². The Labute approximate surface area is 153 Å². The Morgan fingerprint density at radius 3 is 1.81 bits per heavy atom. The molecule has 2 aromatic rings. The Hall–Kier alpha value is -3.33. The minimum absolute atomic E-state index is 0.441. The van der Waals surface area contributed by atoms with Gasteiger partial charge in [-0.2, -0.15) is 5.26 Å². The third-order valence-electron chi connectivity index (χ3n) is 3.85. The van der Waals surface area contributed by atoms with E-state index in [0.717, 1.165) is 0 Å². The zero-order chi connectivity index (χ0) is 19.1. The quantitative estimate of drug-likeness (QED) is 0.556. The highest BCUT2D eigenvalue weighted by atomic mass is 16.5. The van der Waals surface area contributed by atoms with E-state index in [4.69, 9.17) is 23.7 Å². The predicted molar refractivity (Wildman–Crippen MR) is 99.1 cm³/mol. The monoisotopic (exact) mass is 355 g/mol. The number of rotatable bonds is 7. The maximum Gasteiger partial charge on any atom is 0.164 e. The molecule has 0 saturated carbocycles. The normalized spacial score (nSPS) is 10.7. The molecule has 6 nitrogen and oxygen atoms in total. The molecule has 0 N–H and O–H groups in total. The summed E-state index contributed by atoms with van der Waals surface area (Å²) in [6.45, 7) is 0. The minimum atomic E-state index is 0.441. The van der Waals surface area contributed by atoms with Gasteiger partial charge in [0.2, 0.25) is 0 Å². The molecule has 0 aromatic heterocycles. The summed E-state index contributed by atoms with van der Waals surface area (Å²) in [5.41, 5.74) is 1.83. The van der Waals surface area contributed by atoms with E-state index in [1.54, 1.807) is 72.0 Å². The van der Waals surface area contributed by atoms with Gasteiger partial charge < -0.3 is 23.7 Å². The van der Waals surface area contributed by atoms with Gasteiger partial charge in [-0.05, 0) is 35.9 Å². The molecule has 0 radical (unpaired) electrons. The lowest BCUT2D eigenvalue weighted by molar-refractivity contribution is 0.348. The van der Waals surface area contributed by atoms with Crippen molar-refractivity contribution in [2.45, 2.75) is 0 Å². The number of ether oxygens (including phenoxy) is 5. The molecule has 0 spiro atoms. The molecule has 0 saturated heterocycles. The first-order chi connectivity index (χ1) is 12.6. The van der Waals surface area contributed by atoms with Crippen LogP contribution in [0.2, 0.25) is 0 Å². The summed E-state index contributed by atoms with van der Waals surface area (Å²) in [5, 5.41) is 9.63. The summed E-state index contributed by atoms with van der Waals surface area (Å²) >= 11 is 0. The van der Waals surface area contributed by atoms with Crippen LogP contribution in [0.3, 0.4) is 0 Å². The number of hydrogen-bond acceptors (Lipinski definition) is 6. The van der Waals surface area contributed by atoms with Gasteiger partial charge in [-0.3, -0.25) is 0 Å². The third-order valence-corrected chi connectivity index (χ3v) is 3.85. The van der Waals surface area contributed by atoms with Crippen LogP contribution in [0.4, 0.5) is 0 Å². The second-order valence-electron chi connectivity index (χ2n) is 5.19. The zero-order valence-electron chi connectivity index (χ0n) is 15.5. The van der Waals surface area contributed by atoms with Crippen molar-refractivity contribution < 1.29 is 23.7 Å². The summed E-state index contributed by atoms with van der Waals surface area (Å²) in [6, 6.07) is 11.0. The van der Waals surface area contributed by atoms with Crippen LogP contribution in [0.1, 0.15) is 11.1 Å². The summed E-state index contributed by atoms with van der Waals surface area (Å²) < 4.78 is 26.6. The van der Waals surface area contributed by atoms with Crippen molar-refractivity contribution >= 4 is 11.6 Å². The zero-order valence-corrected chi connectivity index (χ0v) is 15.5. The van der Waals surface area contributed by atoms with E-state index in [1.165, 1.54) is 0 Å². The molecule has 0 bridgehead atoms. The van der Waals surface area contributed by atoms with Crippen LogP contribution in [-0.4, -0.2) is 35.5 Å². The van der Waals surface area contributed by atoms with Crippen molar-refractivity contribution in [1.82, 2.24) is 0 Å². The summed E-state index contributed by atoms with van der Waals surface area (Å²) in [7, 11) is 7.78. The molecular formula is C20H21NO5. The highest BCUT2D eigenvalue weighted by molar-refractivity contribution is 5.91. The molecule has 0 heterocycles. The highest BCUT2D eigenvalue weighted by Crippen LogP contribution is 2.37. The van der Waals surface area contributed by atoms with Gasteiger partial charge >= 0.3 is 0 Å². The molecule has 0 atom stereocenters. The standard InChI is InChI=1S/C20H21NO5/c1-22-16-7-6-13(9-18(16)24-3)15(12-21)8-14-10-19(25-4)20(26-5)11-17(14)23-2/h6-11H,1-5H3/b15-8+. The lowest BCUT2D eigenvalue weighted by Gasteiger charge is -2.13. The maximum atomic E-state index is 9.63. The maximum absolute atomic E-state index is 9.63. The van der Waals surface area contributed by atoms with Crippen molar-refractivity contribution in [3.63, 3.8) is 0 Å². The molecule has 6 heteroatoms. The molecule has 2 aromatic carbocycles. The Bertz CT molecular complexity index is 852. The predicted octanol–water partition coefficient (Wildman–Crippen LogP) is 3.79. The highest BCUT2D eigenvalue weighted by Gasteiger charge is 2.13. The lowest BCUT2D eigenvalue weighted by atomic mass is 10.0. The van der Waals surface area contributed by atoms with E-state index in [0.29, 0.717) is 45.4 Å². The number of hydrogen-bond donors (Lipinski definition) is 0. The first-order valence-corrected chi connectivity index (χ1v) is 7.76. The van der Waals surface area contributed by atoms with Crippen LogP contribution >= 0.6 is 0 Å². The largest absolute Gasteiger partial charge is 0.496 e. The Kier molecular flexibility index (Phi) is 6.34. The molecule has 0 amide bonds. The van der Waals surface area contributed by atoms with Crippen molar-refractivity contribution in [3.8, 4) is 34.8 Å². The van der Waals surface area contributed by atoms with E-state index in [9.17, 15) is 5.26 Å². The van der Waals surface area contributed by atoms with E-state index in [-0.39, 0.29) is 0 Å². The number of benzene rings is 2. The molecule has 0 aliphatic rings. The van der Waals surface area contributed by atoms with Gasteiger partial charge in [-0.25, -0.2) is 0 Å². The SMILES string of the molecule is COc1cc(OC)c(OC)cc1/C=C(\C#N)c1ccc(OC)c(OC)c1. The van der Waals surface area contributed by atoms with Gasteiger partial charge in [0.15, 0.2) is 23.0 Å². The fraction of sp³-hybridized carbons (Fsp3) is 0.250. The Balaban J connectivity index is 2.57. The average Bonchev–Trinajstić information content (AvgIpc) is 2.70. The van der Waals surface area contributed by atoms with E-state index < -0.39 is 0 Å². The van der Waals surface area contributed by atoms with E-state index in [2.05, 4.69) is 6.07 Å². The second-order valence-corrected chi connectivity index (χ2v) is 5.19. The molecule has 0 aliphatic carbocycles. The van der Waals surface area contributed by atoms with Gasteiger partial charge in [-0.1, -0.05) is 0 Å². The van der Waals surface area contributed by atoms with E-state index in [1.807, 2.05) is 0 Å². The van der Waals surface area contributed by atoms with Gasteiger partial charge in [0.05, 0.1) is 47.2 Å². The van der Waals surface area contributed by atoms with Gasteiger partial charge in [-0.15, -0.1) is 0 Å². The van der Waals surface area contributed by atoms with Crippen molar-refractivity contribution in [3.05, 3.63) is 41.5 Å². The Morgan fingerprint density at radius 1 is 0.731 bits per heavy atom. The van der Waals surface area contributed by atoms with Crippen LogP contribution in [0.15, 0.2) is 30.3 Å². The molecule has 2 rings (SSSR count). The fourth-order valence-electron chi connectivity index (χ4n) is 2.51. The second kappa shape index (κ2) is 8.67. The van der Waals surface area contributed by atoms with Crippen LogP contribution in [0, 0.1) is 11.3 Å². The van der Waals surface area contributed by atoms with Gasteiger partial charge in [0.25, 0.3) is 0 Å². The van der Waals surface area contributed by atoms with Crippen LogP contribution in [-0.2, 0) is 0 Å². The van der Waals surface area contributed by atoms with Crippen molar-refractivity contribution in [1.29, 1.82) is 5.26 Å². The molecule has 0 unspecified atom stereocenters. The van der Waals surface area contributed by atoms with E-state index >= 15 is 0 Å². The molecular weight excluding hydrogens is 334 g/mol. The molecule has 26 heavy (non-hydrogen) atoms. The first kappa shape index (κ1) is 19.0. The third kappa shape index (κ3) is 3.83. The summed E-state index contributed by atoms with van der Waals surface area (Å²) in [6.07, 6.45) is 1.72. The fourth-order valence-corrected chi connectivity index (χ4v) is 2.51.